The van der Waals surface area contributed by atoms with E-state index in [0.29, 0.717) is 5.57 Å². The first kappa shape index (κ1) is 11.9. The van der Waals surface area contributed by atoms with E-state index in [1.807, 2.05) is 26.8 Å². The van der Waals surface area contributed by atoms with Crippen molar-refractivity contribution < 1.29 is 9.53 Å². The summed E-state index contributed by atoms with van der Waals surface area (Å²) in [5.41, 5.74) is 1.91. The second-order valence-corrected chi connectivity index (χ2v) is 3.44. The molecule has 2 heteroatoms. The van der Waals surface area contributed by atoms with Gasteiger partial charge in [-0.2, -0.15) is 0 Å². The third-order valence-corrected chi connectivity index (χ3v) is 1.62. The van der Waals surface area contributed by atoms with Gasteiger partial charge in [0.2, 0.25) is 0 Å². The van der Waals surface area contributed by atoms with E-state index in [4.69, 9.17) is 0 Å². The van der Waals surface area contributed by atoms with Crippen molar-refractivity contribution >= 4 is 5.97 Å². The Hall–Kier alpha value is -1.05. The van der Waals surface area contributed by atoms with Gasteiger partial charge < -0.3 is 4.74 Å². The van der Waals surface area contributed by atoms with E-state index in [1.165, 1.54) is 12.7 Å². The molecule has 0 spiro atoms. The van der Waals surface area contributed by atoms with Gasteiger partial charge in [0.25, 0.3) is 0 Å². The van der Waals surface area contributed by atoms with E-state index < -0.39 is 0 Å². The lowest BCUT2D eigenvalue weighted by Gasteiger charge is -2.03. The Labute approximate surface area is 80.3 Å². The molecule has 0 amide bonds. The average molecular weight is 182 g/mol. The van der Waals surface area contributed by atoms with Crippen molar-refractivity contribution in [2.75, 3.05) is 7.11 Å². The van der Waals surface area contributed by atoms with Crippen LogP contribution in [0.5, 0.6) is 0 Å². The summed E-state index contributed by atoms with van der Waals surface area (Å²) in [6.45, 7) is 7.89. The van der Waals surface area contributed by atoms with Crippen molar-refractivity contribution in [2.45, 2.75) is 27.7 Å². The number of esters is 1. The van der Waals surface area contributed by atoms with Crippen LogP contribution >= 0.6 is 0 Å². The zero-order valence-corrected chi connectivity index (χ0v) is 9.05. The van der Waals surface area contributed by atoms with Gasteiger partial charge in [-0.15, -0.1) is 0 Å². The van der Waals surface area contributed by atoms with E-state index in [0.717, 1.165) is 0 Å². The Bertz CT molecular complexity index is 232. The van der Waals surface area contributed by atoms with Crippen LogP contribution in [0.4, 0.5) is 0 Å². The summed E-state index contributed by atoms with van der Waals surface area (Å²) in [4.78, 5) is 11.0. The second kappa shape index (κ2) is 5.57. The number of ether oxygens (including phenoxy) is 1. The van der Waals surface area contributed by atoms with Crippen LogP contribution in [0.15, 0.2) is 23.3 Å². The summed E-state index contributed by atoms with van der Waals surface area (Å²) in [6, 6.07) is 0. The molecule has 74 valence electrons. The number of carbonyl (C=O) groups is 1. The molecule has 0 rings (SSSR count). The van der Waals surface area contributed by atoms with Crippen LogP contribution in [-0.4, -0.2) is 13.1 Å². The molecule has 0 saturated carbocycles. The Morgan fingerprint density at radius 2 is 1.77 bits per heavy atom. The molecule has 0 N–H and O–H groups in total. The number of hydrogen-bond donors (Lipinski definition) is 0. The Kier molecular flexibility index (Phi) is 5.12. The van der Waals surface area contributed by atoms with Crippen molar-refractivity contribution in [1.29, 1.82) is 0 Å². The molecule has 2 nitrogen and oxygen atoms in total. The third kappa shape index (κ3) is 5.23. The van der Waals surface area contributed by atoms with Crippen LogP contribution in [0.25, 0.3) is 0 Å². The number of methoxy groups -OCH3 is 1. The largest absolute Gasteiger partial charge is 0.466 e. The van der Waals surface area contributed by atoms with Crippen molar-refractivity contribution in [3.8, 4) is 0 Å². The molecule has 0 aliphatic rings. The van der Waals surface area contributed by atoms with Crippen molar-refractivity contribution in [3.05, 3.63) is 23.3 Å². The molecule has 0 bridgehead atoms. The minimum atomic E-state index is -0.256. The number of rotatable bonds is 3. The quantitative estimate of drug-likeness (QED) is 0.381. The van der Waals surface area contributed by atoms with Crippen LogP contribution in [0.2, 0.25) is 0 Å². The summed E-state index contributed by atoms with van der Waals surface area (Å²) in [7, 11) is 1.39. The molecule has 0 radical (unpaired) electrons. The maximum absolute atomic E-state index is 11.0. The van der Waals surface area contributed by atoms with Gasteiger partial charge >= 0.3 is 5.97 Å². The van der Waals surface area contributed by atoms with Crippen molar-refractivity contribution in [1.82, 2.24) is 0 Å². The fourth-order valence-corrected chi connectivity index (χ4v) is 1.20. The highest BCUT2D eigenvalue weighted by Gasteiger charge is 2.03. The zero-order valence-electron chi connectivity index (χ0n) is 9.05. The van der Waals surface area contributed by atoms with Crippen LogP contribution in [0.1, 0.15) is 27.7 Å². The lowest BCUT2D eigenvalue weighted by atomic mass is 10.1. The first-order valence-electron chi connectivity index (χ1n) is 4.39. The molecule has 0 aliphatic carbocycles. The van der Waals surface area contributed by atoms with Gasteiger partial charge in [0.1, 0.15) is 0 Å². The molecule has 0 aromatic heterocycles. The highest BCUT2D eigenvalue weighted by Crippen LogP contribution is 2.08. The summed E-state index contributed by atoms with van der Waals surface area (Å²) < 4.78 is 4.59. The van der Waals surface area contributed by atoms with Gasteiger partial charge in [-0.3, -0.25) is 0 Å². The lowest BCUT2D eigenvalue weighted by molar-refractivity contribution is -0.136. The number of carbonyl (C=O) groups excluding carboxylic acids is 1. The average Bonchev–Trinajstić information content (AvgIpc) is 2.01. The van der Waals surface area contributed by atoms with Crippen molar-refractivity contribution in [3.63, 3.8) is 0 Å². The summed E-state index contributed by atoms with van der Waals surface area (Å²) >= 11 is 0. The molecule has 0 aliphatic heterocycles. The Morgan fingerprint density at radius 1 is 1.23 bits per heavy atom. The first-order valence-corrected chi connectivity index (χ1v) is 4.39. The number of hydrogen-bond acceptors (Lipinski definition) is 2. The number of allylic oxidation sites excluding steroid dienone is 3. The molecule has 0 saturated heterocycles. The Balaban J connectivity index is 4.39. The highest BCUT2D eigenvalue weighted by atomic mass is 16.5. The van der Waals surface area contributed by atoms with E-state index in [-0.39, 0.29) is 11.9 Å². The molecule has 0 aromatic carbocycles. The normalized spacial score (nSPS) is 13.5. The Morgan fingerprint density at radius 3 is 2.15 bits per heavy atom. The minimum absolute atomic E-state index is 0.256. The van der Waals surface area contributed by atoms with E-state index in [9.17, 15) is 4.79 Å². The van der Waals surface area contributed by atoms with Gasteiger partial charge in [-0.1, -0.05) is 24.6 Å². The van der Waals surface area contributed by atoms with Crippen molar-refractivity contribution in [2.24, 2.45) is 5.92 Å². The summed E-state index contributed by atoms with van der Waals surface area (Å²) in [5, 5.41) is 0. The second-order valence-electron chi connectivity index (χ2n) is 3.44. The lowest BCUT2D eigenvalue weighted by Crippen LogP contribution is -2.02. The third-order valence-electron chi connectivity index (χ3n) is 1.62. The molecule has 13 heavy (non-hydrogen) atoms. The van der Waals surface area contributed by atoms with Gasteiger partial charge in [-0.25, -0.2) is 4.79 Å². The van der Waals surface area contributed by atoms with E-state index >= 15 is 0 Å². The molecule has 1 atom stereocenters. The fourth-order valence-electron chi connectivity index (χ4n) is 1.20. The van der Waals surface area contributed by atoms with Crippen LogP contribution < -0.4 is 0 Å². The van der Waals surface area contributed by atoms with Gasteiger partial charge in [0, 0.05) is 5.57 Å². The van der Waals surface area contributed by atoms with Gasteiger partial charge in [0.15, 0.2) is 0 Å². The molecule has 0 unspecified atom stereocenters. The smallest absolute Gasteiger partial charge is 0.333 e. The fraction of sp³-hybridized carbons (Fsp3) is 0.545. The molecule has 0 aromatic rings. The maximum atomic E-state index is 11.0. The van der Waals surface area contributed by atoms with Crippen LogP contribution in [-0.2, 0) is 9.53 Å². The summed E-state index contributed by atoms with van der Waals surface area (Å²) in [6.07, 6.45) is 4.01. The standard InChI is InChI=1S/C11H18O2/c1-8(2)6-9(3)7-10(4)11(12)13-5/h6-7,9H,1-5H3/b10-7+/t9-/m0/s1. The van der Waals surface area contributed by atoms with E-state index in [1.54, 1.807) is 6.92 Å². The topological polar surface area (TPSA) is 26.3 Å². The first-order chi connectivity index (χ1) is 5.97. The minimum Gasteiger partial charge on any atom is -0.466 e. The zero-order chi connectivity index (χ0) is 10.4. The maximum Gasteiger partial charge on any atom is 0.333 e. The molecular formula is C11H18O2. The van der Waals surface area contributed by atoms with Gasteiger partial charge in [-0.05, 0) is 26.7 Å². The van der Waals surface area contributed by atoms with Crippen LogP contribution in [0.3, 0.4) is 0 Å². The molecule has 0 heterocycles. The summed E-state index contributed by atoms with van der Waals surface area (Å²) in [5.74, 6) is 0.0260. The highest BCUT2D eigenvalue weighted by molar-refractivity contribution is 5.87. The SMILES string of the molecule is COC(=O)/C(C)=C/[C@@H](C)C=C(C)C. The predicted molar refractivity (Wildman–Crippen MR) is 54.4 cm³/mol. The van der Waals surface area contributed by atoms with Gasteiger partial charge in [0.05, 0.1) is 7.11 Å². The predicted octanol–water partition coefficient (Wildman–Crippen LogP) is 2.71. The monoisotopic (exact) mass is 182 g/mol. The van der Waals surface area contributed by atoms with Crippen LogP contribution in [0, 0.1) is 5.92 Å². The molecule has 0 fully saturated rings. The molecular weight excluding hydrogens is 164 g/mol. The van der Waals surface area contributed by atoms with E-state index in [2.05, 4.69) is 10.8 Å².